The Morgan fingerprint density at radius 3 is 1.94 bits per heavy atom. The van der Waals surface area contributed by atoms with Crippen molar-refractivity contribution in [3.05, 3.63) is 47.3 Å². The molecule has 0 spiro atoms. The third-order valence-corrected chi connectivity index (χ3v) is 8.28. The summed E-state index contributed by atoms with van der Waals surface area (Å²) in [6.45, 7) is 2.25. The monoisotopic (exact) mass is 437 g/mol. The van der Waals surface area contributed by atoms with Crippen molar-refractivity contribution < 1.29 is 4.39 Å². The Kier molecular flexibility index (Phi) is 10.8. The van der Waals surface area contributed by atoms with Crippen LogP contribution in [0.1, 0.15) is 120 Å². The lowest BCUT2D eigenvalue weighted by Crippen LogP contribution is -2.15. The van der Waals surface area contributed by atoms with Gasteiger partial charge in [-0.2, -0.15) is 9.65 Å². The molecular weight excluding hydrogens is 393 g/mol. The molecule has 0 atom stereocenters. The highest BCUT2D eigenvalue weighted by atomic mass is 19.1. The minimum atomic E-state index is -0.617. The average molecular weight is 438 g/mol. The first-order valence-electron chi connectivity index (χ1n) is 13.5. The van der Waals surface area contributed by atoms with Crippen LogP contribution in [0.3, 0.4) is 0 Å². The van der Waals surface area contributed by atoms with Gasteiger partial charge in [-0.3, -0.25) is 0 Å². The molecule has 32 heavy (non-hydrogen) atoms. The van der Waals surface area contributed by atoms with Gasteiger partial charge >= 0.3 is 0 Å². The van der Waals surface area contributed by atoms with Gasteiger partial charge in [-0.1, -0.05) is 89.0 Å². The molecule has 0 aliphatic heterocycles. The fourth-order valence-corrected chi connectivity index (χ4v) is 6.20. The Labute approximate surface area is 196 Å². The van der Waals surface area contributed by atoms with Crippen molar-refractivity contribution >= 4 is 0 Å². The number of hydrogen-bond acceptors (Lipinski definition) is 1. The quantitative estimate of drug-likeness (QED) is 0.250. The second-order valence-corrected chi connectivity index (χ2v) is 10.6. The standard InChI is InChI=1S/C30H44FN/c1-2-6-24-15-19-28(20-16-24)29-21-17-26(18-22-29)8-4-3-7-25-11-13-27(14-12-25)9-5-10-30(31)23-32/h10,15-16,19-20,25-27,29H,2-9,11-14,17-18,21-22H2,1H3/t25-,26-,27-,29-. The van der Waals surface area contributed by atoms with Gasteiger partial charge in [0.2, 0.25) is 0 Å². The lowest BCUT2D eigenvalue weighted by molar-refractivity contribution is 0.244. The largest absolute Gasteiger partial charge is 0.196 e. The molecule has 1 nitrogen and oxygen atoms in total. The number of rotatable bonds is 11. The molecule has 0 aromatic heterocycles. The molecule has 1 aromatic carbocycles. The Bertz CT molecular complexity index is 712. The molecule has 2 fully saturated rings. The van der Waals surface area contributed by atoms with Gasteiger partial charge < -0.3 is 0 Å². The molecule has 2 saturated carbocycles. The molecule has 2 heteroatoms. The van der Waals surface area contributed by atoms with Crippen molar-refractivity contribution in [2.75, 3.05) is 0 Å². The molecule has 0 saturated heterocycles. The molecule has 3 rings (SSSR count). The molecule has 2 aliphatic rings. The number of nitrogens with zero attached hydrogens (tertiary/aromatic N) is 1. The van der Waals surface area contributed by atoms with E-state index in [-0.39, 0.29) is 0 Å². The maximum absolute atomic E-state index is 12.9. The molecule has 2 aliphatic carbocycles. The summed E-state index contributed by atoms with van der Waals surface area (Å²) in [5, 5.41) is 8.48. The number of halogens is 1. The topological polar surface area (TPSA) is 23.8 Å². The molecule has 0 radical (unpaired) electrons. The number of nitriles is 1. The zero-order valence-corrected chi connectivity index (χ0v) is 20.3. The fourth-order valence-electron chi connectivity index (χ4n) is 6.20. The Morgan fingerprint density at radius 2 is 1.41 bits per heavy atom. The van der Waals surface area contributed by atoms with Crippen LogP contribution >= 0.6 is 0 Å². The SMILES string of the molecule is CCCc1ccc([C@H]2CC[C@H](CCCC[C@H]3CC[C@H](CCC=C(F)C#N)CC3)CC2)cc1. The Balaban J connectivity index is 1.23. The number of unbranched alkanes of at least 4 members (excludes halogenated alkanes) is 1. The van der Waals surface area contributed by atoms with E-state index in [0.29, 0.717) is 0 Å². The highest BCUT2D eigenvalue weighted by Crippen LogP contribution is 2.39. The smallest absolute Gasteiger partial charge is 0.195 e. The predicted molar refractivity (Wildman–Crippen MR) is 133 cm³/mol. The summed E-state index contributed by atoms with van der Waals surface area (Å²) in [6, 6.07) is 11.1. The first-order chi connectivity index (χ1) is 15.7. The molecule has 0 unspecified atom stereocenters. The minimum absolute atomic E-state index is 0.617. The van der Waals surface area contributed by atoms with Gasteiger partial charge in [0.05, 0.1) is 0 Å². The summed E-state index contributed by atoms with van der Waals surface area (Å²) < 4.78 is 12.9. The van der Waals surface area contributed by atoms with E-state index in [1.54, 1.807) is 11.6 Å². The van der Waals surface area contributed by atoms with Gasteiger partial charge in [0, 0.05) is 0 Å². The molecule has 0 bridgehead atoms. The van der Waals surface area contributed by atoms with Crippen molar-refractivity contribution in [1.82, 2.24) is 0 Å². The fraction of sp³-hybridized carbons (Fsp3) is 0.700. The first-order valence-corrected chi connectivity index (χ1v) is 13.5. The summed E-state index contributed by atoms with van der Waals surface area (Å²) in [6.07, 6.45) is 22.3. The molecule has 176 valence electrons. The number of allylic oxidation sites excluding steroid dienone is 2. The third-order valence-electron chi connectivity index (χ3n) is 8.28. The molecule has 0 heterocycles. The summed E-state index contributed by atoms with van der Waals surface area (Å²) in [7, 11) is 0. The van der Waals surface area contributed by atoms with Crippen molar-refractivity contribution in [2.24, 2.45) is 17.8 Å². The second kappa shape index (κ2) is 13.8. The highest BCUT2D eigenvalue weighted by molar-refractivity contribution is 5.25. The van der Waals surface area contributed by atoms with E-state index in [9.17, 15) is 4.39 Å². The molecule has 0 N–H and O–H groups in total. The zero-order chi connectivity index (χ0) is 22.6. The van der Waals surface area contributed by atoms with Crippen molar-refractivity contribution in [2.45, 2.75) is 116 Å². The summed E-state index contributed by atoms with van der Waals surface area (Å²) in [5.41, 5.74) is 3.06. The molecule has 0 amide bonds. The van der Waals surface area contributed by atoms with Gasteiger partial charge in [0.25, 0.3) is 0 Å². The summed E-state index contributed by atoms with van der Waals surface area (Å²) >= 11 is 0. The van der Waals surface area contributed by atoms with Gasteiger partial charge in [0.15, 0.2) is 5.83 Å². The minimum Gasteiger partial charge on any atom is -0.195 e. The van der Waals surface area contributed by atoms with Crippen LogP contribution in [0.25, 0.3) is 0 Å². The molecule has 1 aromatic rings. The van der Waals surface area contributed by atoms with E-state index in [4.69, 9.17) is 5.26 Å². The van der Waals surface area contributed by atoms with Crippen molar-refractivity contribution in [1.29, 1.82) is 5.26 Å². The van der Waals surface area contributed by atoms with Gasteiger partial charge in [0.1, 0.15) is 6.07 Å². The summed E-state index contributed by atoms with van der Waals surface area (Å²) in [4.78, 5) is 0. The normalized spacial score (nSPS) is 26.6. The predicted octanol–water partition coefficient (Wildman–Crippen LogP) is 9.44. The van der Waals surface area contributed by atoms with Crippen LogP contribution in [0.5, 0.6) is 0 Å². The van der Waals surface area contributed by atoms with E-state index < -0.39 is 5.83 Å². The van der Waals surface area contributed by atoms with Gasteiger partial charge in [-0.25, -0.2) is 0 Å². The first kappa shape index (κ1) is 25.0. The highest BCUT2D eigenvalue weighted by Gasteiger charge is 2.23. The van der Waals surface area contributed by atoms with E-state index in [0.717, 1.165) is 36.5 Å². The second-order valence-electron chi connectivity index (χ2n) is 10.6. The maximum atomic E-state index is 12.9. The van der Waals surface area contributed by atoms with Crippen LogP contribution in [0.4, 0.5) is 4.39 Å². The van der Waals surface area contributed by atoms with Gasteiger partial charge in [-0.05, 0) is 85.8 Å². The Morgan fingerprint density at radius 1 is 0.875 bits per heavy atom. The van der Waals surface area contributed by atoms with Crippen LogP contribution in [-0.4, -0.2) is 0 Å². The maximum Gasteiger partial charge on any atom is 0.196 e. The lowest BCUT2D eigenvalue weighted by Gasteiger charge is -2.30. The number of aryl methyl sites for hydroxylation is 1. The number of hydrogen-bond donors (Lipinski definition) is 0. The van der Waals surface area contributed by atoms with Crippen molar-refractivity contribution in [3.8, 4) is 6.07 Å². The van der Waals surface area contributed by atoms with Crippen LogP contribution in [0.2, 0.25) is 0 Å². The van der Waals surface area contributed by atoms with Crippen LogP contribution < -0.4 is 0 Å². The van der Waals surface area contributed by atoms with Crippen LogP contribution in [-0.2, 0) is 6.42 Å². The third kappa shape index (κ3) is 8.38. The number of benzene rings is 1. The van der Waals surface area contributed by atoms with Gasteiger partial charge in [-0.15, -0.1) is 0 Å². The van der Waals surface area contributed by atoms with Crippen LogP contribution in [0, 0.1) is 29.1 Å². The van der Waals surface area contributed by atoms with Crippen LogP contribution in [0.15, 0.2) is 36.2 Å². The average Bonchev–Trinajstić information content (AvgIpc) is 2.84. The van der Waals surface area contributed by atoms with Crippen molar-refractivity contribution in [3.63, 3.8) is 0 Å². The Hall–Kier alpha value is -1.62. The van der Waals surface area contributed by atoms with E-state index >= 15 is 0 Å². The van der Waals surface area contributed by atoms with E-state index in [2.05, 4.69) is 31.2 Å². The summed E-state index contributed by atoms with van der Waals surface area (Å²) in [5.74, 6) is 2.80. The van der Waals surface area contributed by atoms with E-state index in [1.165, 1.54) is 102 Å². The molecular formula is C30H44FN. The van der Waals surface area contributed by atoms with E-state index in [1.807, 2.05) is 0 Å². The zero-order valence-electron chi connectivity index (χ0n) is 20.3. The lowest BCUT2D eigenvalue weighted by atomic mass is 9.76.